The fourth-order valence-electron chi connectivity index (χ4n) is 22.2. The maximum atomic E-state index is 12.4. The normalized spacial score (nSPS) is 18.3. The minimum atomic E-state index is -0.220. The molecule has 6 nitrogen and oxygen atoms in total. The SMILES string of the molecule is CCC1(CC)CC(C)(C)c2c(-c3ccc(N(c4ccc(-c5cccc6c5C(C)(C)CC6(CC)CC)cc4)c4ccc(C5=C(O)C(c6ccc(N(c7ccc(-c8cccc9c8C(C)(C)CC9(CC)CC)cc7)c7ccc(-c8cccc9c8C(CC)(CC)CC9(C)C)cc7)cc6O)=C5O)c(O)c4)cc3)cccc21. The van der Waals surface area contributed by atoms with E-state index < -0.39 is 0 Å². The number of aromatic hydroxyl groups is 2. The van der Waals surface area contributed by atoms with E-state index in [0.29, 0.717) is 11.4 Å². The Morgan fingerprint density at radius 1 is 0.255 bits per heavy atom. The van der Waals surface area contributed by atoms with Crippen LogP contribution in [0.15, 0.2) is 218 Å². The van der Waals surface area contributed by atoms with E-state index in [1.165, 1.54) is 72.3 Å². The number of fused-ring (bicyclic) bond motifs is 4. The molecule has 0 heterocycles. The average molecular weight is 1400 g/mol. The van der Waals surface area contributed by atoms with Gasteiger partial charge in [0.25, 0.3) is 0 Å². The zero-order valence-electron chi connectivity index (χ0n) is 65.8. The topological polar surface area (TPSA) is 87.4 Å². The van der Waals surface area contributed by atoms with E-state index in [9.17, 15) is 20.4 Å². The molecule has 0 radical (unpaired) electrons. The van der Waals surface area contributed by atoms with Gasteiger partial charge in [0.05, 0.1) is 11.1 Å². The zero-order valence-corrected chi connectivity index (χ0v) is 65.8. The molecule has 0 saturated heterocycles. The summed E-state index contributed by atoms with van der Waals surface area (Å²) in [7, 11) is 0. The van der Waals surface area contributed by atoms with E-state index in [-0.39, 0.29) is 88.6 Å². The minimum Gasteiger partial charge on any atom is -0.507 e. The van der Waals surface area contributed by atoms with Crippen LogP contribution in [0.5, 0.6) is 11.5 Å². The van der Waals surface area contributed by atoms with Crippen LogP contribution < -0.4 is 9.80 Å². The molecule has 0 fully saturated rings. The quantitative estimate of drug-likeness (QED) is 0.0608. The first-order chi connectivity index (χ1) is 50.7. The van der Waals surface area contributed by atoms with Gasteiger partial charge in [0.1, 0.15) is 23.0 Å². The summed E-state index contributed by atoms with van der Waals surface area (Å²) >= 11 is 0. The summed E-state index contributed by atoms with van der Waals surface area (Å²) in [5.41, 5.74) is 27.9. The van der Waals surface area contributed by atoms with Crippen LogP contribution in [-0.4, -0.2) is 20.4 Å². The lowest BCUT2D eigenvalue weighted by molar-refractivity contribution is 0.329. The van der Waals surface area contributed by atoms with Crippen molar-refractivity contribution in [3.63, 3.8) is 0 Å². The predicted molar refractivity (Wildman–Crippen MR) is 446 cm³/mol. The lowest BCUT2D eigenvalue weighted by atomic mass is 9.73. The van der Waals surface area contributed by atoms with Gasteiger partial charge >= 0.3 is 0 Å². The van der Waals surface area contributed by atoms with Crippen LogP contribution in [0.1, 0.15) is 243 Å². The zero-order chi connectivity index (χ0) is 75.0. The first-order valence-electron chi connectivity index (χ1n) is 39.8. The fraction of sp³-hybridized carbons (Fsp3) is 0.360. The average Bonchev–Trinajstić information content (AvgIpc) is 1.53. The molecule has 0 unspecified atom stereocenters. The molecule has 0 aliphatic heterocycles. The molecule has 0 saturated carbocycles. The predicted octanol–water partition coefficient (Wildman–Crippen LogP) is 27.9. The van der Waals surface area contributed by atoms with E-state index in [1.807, 2.05) is 12.1 Å². The number of aliphatic hydroxyl groups is 2. The second-order valence-corrected chi connectivity index (χ2v) is 34.8. The molecule has 5 aliphatic carbocycles. The molecule has 5 aliphatic rings. The van der Waals surface area contributed by atoms with Crippen LogP contribution in [0.4, 0.5) is 34.1 Å². The highest BCUT2D eigenvalue weighted by atomic mass is 16.3. The van der Waals surface area contributed by atoms with Crippen molar-refractivity contribution in [1.29, 1.82) is 0 Å². The van der Waals surface area contributed by atoms with Gasteiger partial charge < -0.3 is 30.2 Å². The van der Waals surface area contributed by atoms with E-state index in [2.05, 4.69) is 290 Å². The first kappa shape index (κ1) is 72.1. The first-order valence-corrected chi connectivity index (χ1v) is 39.8. The van der Waals surface area contributed by atoms with Crippen LogP contribution in [0.25, 0.3) is 55.7 Å². The van der Waals surface area contributed by atoms with Gasteiger partial charge in [0.15, 0.2) is 0 Å². The summed E-state index contributed by atoms with van der Waals surface area (Å²) in [6.45, 7) is 38.0. The van der Waals surface area contributed by atoms with Crippen molar-refractivity contribution in [1.82, 2.24) is 0 Å². The Hall–Kier alpha value is -9.52. The molecule has 0 aromatic heterocycles. The highest BCUT2D eigenvalue weighted by molar-refractivity contribution is 6.08. The molecule has 0 bridgehead atoms. The fourth-order valence-corrected chi connectivity index (χ4v) is 22.2. The van der Waals surface area contributed by atoms with Crippen molar-refractivity contribution in [3.05, 3.63) is 273 Å². The van der Waals surface area contributed by atoms with Gasteiger partial charge in [-0.05, 0) is 282 Å². The highest BCUT2D eigenvalue weighted by Gasteiger charge is 2.51. The van der Waals surface area contributed by atoms with E-state index >= 15 is 0 Å². The molecule has 0 amide bonds. The van der Waals surface area contributed by atoms with Crippen molar-refractivity contribution >= 4 is 45.3 Å². The number of benzene rings is 10. The van der Waals surface area contributed by atoms with Crippen LogP contribution in [0.3, 0.4) is 0 Å². The minimum absolute atomic E-state index is 0.00900. The third-order valence-corrected chi connectivity index (χ3v) is 27.5. The number of allylic oxidation sites excluding steroid dienone is 2. The second kappa shape index (κ2) is 26.2. The van der Waals surface area contributed by atoms with Gasteiger partial charge in [-0.3, -0.25) is 0 Å². The van der Waals surface area contributed by atoms with Gasteiger partial charge in [-0.2, -0.15) is 0 Å². The lowest BCUT2D eigenvalue weighted by Crippen LogP contribution is -2.24. The van der Waals surface area contributed by atoms with Crippen molar-refractivity contribution in [3.8, 4) is 56.0 Å². The molecule has 10 aromatic rings. The molecule has 544 valence electrons. The summed E-state index contributed by atoms with van der Waals surface area (Å²) in [4.78, 5) is 4.35. The maximum Gasteiger partial charge on any atom is 0.139 e. The summed E-state index contributed by atoms with van der Waals surface area (Å²) in [6.07, 6.45) is 13.3. The number of aliphatic hydroxyl groups excluding tert-OH is 2. The summed E-state index contributed by atoms with van der Waals surface area (Å²) in [6, 6.07) is 73.9. The summed E-state index contributed by atoms with van der Waals surface area (Å²) in [5, 5.41) is 49.3. The van der Waals surface area contributed by atoms with Crippen LogP contribution in [-0.2, 0) is 43.3 Å². The molecule has 0 spiro atoms. The molecule has 15 rings (SSSR count). The van der Waals surface area contributed by atoms with Gasteiger partial charge in [0, 0.05) is 57.4 Å². The second-order valence-electron chi connectivity index (χ2n) is 34.8. The lowest BCUT2D eigenvalue weighted by Gasteiger charge is -2.31. The van der Waals surface area contributed by atoms with Gasteiger partial charge in [-0.15, -0.1) is 0 Å². The molecule has 0 atom stereocenters. The number of phenolic OH excluding ortho intramolecular Hbond substituents is 2. The molecular weight excluding hydrogens is 1290 g/mol. The van der Waals surface area contributed by atoms with E-state index in [0.717, 1.165) is 116 Å². The van der Waals surface area contributed by atoms with Gasteiger partial charge in [-0.1, -0.05) is 232 Å². The Kier molecular flexibility index (Phi) is 17.8. The van der Waals surface area contributed by atoms with E-state index in [4.69, 9.17) is 0 Å². The van der Waals surface area contributed by atoms with Gasteiger partial charge in [-0.25, -0.2) is 0 Å². The maximum absolute atomic E-state index is 12.4. The number of hydrogen-bond donors (Lipinski definition) is 4. The number of anilines is 6. The van der Waals surface area contributed by atoms with Crippen molar-refractivity contribution < 1.29 is 20.4 Å². The summed E-state index contributed by atoms with van der Waals surface area (Å²) in [5.74, 6) is -0.669. The molecular formula is C100H110N2O4. The van der Waals surface area contributed by atoms with Crippen LogP contribution in [0.2, 0.25) is 0 Å². The molecule has 4 N–H and O–H groups in total. The molecule has 6 heteroatoms. The largest absolute Gasteiger partial charge is 0.507 e. The Morgan fingerprint density at radius 2 is 0.500 bits per heavy atom. The third-order valence-electron chi connectivity index (χ3n) is 27.5. The Balaban J connectivity index is 0.776. The van der Waals surface area contributed by atoms with Crippen molar-refractivity contribution in [2.24, 2.45) is 0 Å². The Bertz CT molecular complexity index is 5010. The van der Waals surface area contributed by atoms with E-state index in [1.54, 1.807) is 24.3 Å². The van der Waals surface area contributed by atoms with Gasteiger partial charge in [0.2, 0.25) is 0 Å². The smallest absolute Gasteiger partial charge is 0.139 e. The highest BCUT2D eigenvalue weighted by Crippen LogP contribution is 2.61. The Morgan fingerprint density at radius 3 is 0.764 bits per heavy atom. The number of nitrogens with zero attached hydrogens (tertiary/aromatic N) is 2. The number of phenols is 2. The number of rotatable bonds is 20. The standard InChI is InChI=1S/C100H110N2O4/c1-17-97(18-2)60-94(11,12)87-73(29-26-34-80(87)97)63-37-45-67(46-38-63)101(68-47-39-64(40-48-68)74-30-27-35-81-88(74)95(13,14)61-98(81,19-3)20-4)71-53-55-77(83(103)57-71)85-91(105)86(92(85)106)78-56-54-72(58-84(78)104)102(69-49-41-65(42-50-69)75-31-28-36-82-89(75)96(15,16)62-99(82,21-5)22-6)70-51-43-66(44-52-70)76-32-25-33-79-90(76)100(23-7,24-8)59-93(79,9)10/h25-58,103-106H,17-24,59-62H2,1-16H3. The monoisotopic (exact) mass is 1400 g/mol. The summed E-state index contributed by atoms with van der Waals surface area (Å²) < 4.78 is 0. The van der Waals surface area contributed by atoms with Crippen molar-refractivity contribution in [2.75, 3.05) is 9.80 Å². The third kappa shape index (κ3) is 11.1. The van der Waals surface area contributed by atoms with Crippen LogP contribution >= 0.6 is 0 Å². The van der Waals surface area contributed by atoms with Crippen molar-refractivity contribution in [2.45, 2.75) is 231 Å². The molecule has 106 heavy (non-hydrogen) atoms. The van der Waals surface area contributed by atoms with Crippen LogP contribution in [0, 0.1) is 0 Å². The Labute approximate surface area is 632 Å². The molecule has 10 aromatic carbocycles. The number of hydrogen-bond acceptors (Lipinski definition) is 6.